The summed E-state index contributed by atoms with van der Waals surface area (Å²) >= 11 is 0. The van der Waals surface area contributed by atoms with Crippen LogP contribution in [-0.4, -0.2) is 46.3 Å². The maximum atomic E-state index is 12.0. The van der Waals surface area contributed by atoms with Gasteiger partial charge in [0.05, 0.1) is 23.4 Å². The summed E-state index contributed by atoms with van der Waals surface area (Å²) in [5, 5.41) is 20.8. The Kier molecular flexibility index (Phi) is 4.50. The number of nitrogens with zero attached hydrogens (tertiary/aromatic N) is 1. The van der Waals surface area contributed by atoms with Crippen LogP contribution in [0.25, 0.3) is 0 Å². The molecule has 0 bridgehead atoms. The van der Waals surface area contributed by atoms with Crippen molar-refractivity contribution in [3.05, 3.63) is 29.8 Å². The second kappa shape index (κ2) is 5.71. The molecule has 0 unspecified atom stereocenters. The van der Waals surface area contributed by atoms with Gasteiger partial charge in [0.1, 0.15) is 0 Å². The number of urea groups is 1. The number of aliphatic hydroxyl groups excluding tert-OH is 1. The molecule has 0 aliphatic rings. The number of benzene rings is 1. The molecule has 19 heavy (non-hydrogen) atoms. The predicted octanol–water partition coefficient (Wildman–Crippen LogP) is 1.62. The Hall–Kier alpha value is -2.08. The van der Waals surface area contributed by atoms with Crippen LogP contribution in [-0.2, 0) is 0 Å². The van der Waals surface area contributed by atoms with Gasteiger partial charge in [-0.25, -0.2) is 9.59 Å². The molecule has 0 aliphatic carbocycles. The average Bonchev–Trinajstić information content (AvgIpc) is 2.38. The van der Waals surface area contributed by atoms with E-state index in [4.69, 9.17) is 5.11 Å². The molecule has 1 aromatic carbocycles. The van der Waals surface area contributed by atoms with Gasteiger partial charge in [-0.2, -0.15) is 0 Å². The monoisotopic (exact) mass is 266 g/mol. The second-order valence-corrected chi connectivity index (χ2v) is 4.81. The molecule has 2 amide bonds. The van der Waals surface area contributed by atoms with Gasteiger partial charge in [0.15, 0.2) is 0 Å². The fraction of sp³-hybridized carbons (Fsp3) is 0.385. The lowest BCUT2D eigenvalue weighted by molar-refractivity contribution is 0.0698. The minimum Gasteiger partial charge on any atom is -0.478 e. The minimum atomic E-state index is -1.11. The van der Waals surface area contributed by atoms with E-state index in [1.165, 1.54) is 24.1 Å². The molecule has 0 aliphatic heterocycles. The lowest BCUT2D eigenvalue weighted by atomic mass is 10.1. The number of hydrogen-bond donors (Lipinski definition) is 3. The van der Waals surface area contributed by atoms with E-state index >= 15 is 0 Å². The topological polar surface area (TPSA) is 89.9 Å². The molecule has 0 aromatic heterocycles. The van der Waals surface area contributed by atoms with Crippen molar-refractivity contribution < 1.29 is 19.8 Å². The molecule has 0 heterocycles. The van der Waals surface area contributed by atoms with Crippen LogP contribution < -0.4 is 5.32 Å². The summed E-state index contributed by atoms with van der Waals surface area (Å²) in [6.07, 6.45) is 0. The van der Waals surface area contributed by atoms with Crippen molar-refractivity contribution in [3.8, 4) is 0 Å². The highest BCUT2D eigenvalue weighted by Crippen LogP contribution is 2.18. The summed E-state index contributed by atoms with van der Waals surface area (Å²) in [5.41, 5.74) is -0.492. The van der Waals surface area contributed by atoms with E-state index in [2.05, 4.69) is 5.32 Å². The Morgan fingerprint density at radius 3 is 2.42 bits per heavy atom. The van der Waals surface area contributed by atoms with E-state index in [9.17, 15) is 14.7 Å². The van der Waals surface area contributed by atoms with Crippen LogP contribution in [0.15, 0.2) is 24.3 Å². The number of anilines is 1. The number of para-hydroxylation sites is 1. The van der Waals surface area contributed by atoms with Crippen LogP contribution >= 0.6 is 0 Å². The number of aliphatic hydroxyl groups is 1. The number of hydrogen-bond acceptors (Lipinski definition) is 3. The van der Waals surface area contributed by atoms with Gasteiger partial charge in [-0.05, 0) is 26.0 Å². The normalized spacial score (nSPS) is 10.9. The van der Waals surface area contributed by atoms with Gasteiger partial charge in [0, 0.05) is 7.05 Å². The molecule has 0 atom stereocenters. The van der Waals surface area contributed by atoms with Gasteiger partial charge in [-0.1, -0.05) is 12.1 Å². The summed E-state index contributed by atoms with van der Waals surface area (Å²) < 4.78 is 0. The van der Waals surface area contributed by atoms with E-state index in [-0.39, 0.29) is 17.9 Å². The Morgan fingerprint density at radius 2 is 1.89 bits per heavy atom. The Morgan fingerprint density at radius 1 is 1.32 bits per heavy atom. The Balaban J connectivity index is 2.92. The number of carboxylic acid groups (broad SMARTS) is 1. The third-order valence-corrected chi connectivity index (χ3v) is 3.00. The highest BCUT2D eigenvalue weighted by molar-refractivity contribution is 6.00. The molecular formula is C13H18N2O4. The molecule has 0 fully saturated rings. The summed E-state index contributed by atoms with van der Waals surface area (Å²) in [6, 6.07) is 5.67. The summed E-state index contributed by atoms with van der Waals surface area (Å²) in [5.74, 6) is -1.11. The predicted molar refractivity (Wildman–Crippen MR) is 71.3 cm³/mol. The largest absolute Gasteiger partial charge is 0.478 e. The van der Waals surface area contributed by atoms with Crippen molar-refractivity contribution >= 4 is 17.7 Å². The summed E-state index contributed by atoms with van der Waals surface area (Å²) in [7, 11) is 1.54. The Labute approximate surface area is 111 Å². The molecule has 6 nitrogen and oxygen atoms in total. The lowest BCUT2D eigenvalue weighted by Crippen LogP contribution is -2.49. The first-order valence-corrected chi connectivity index (χ1v) is 5.77. The van der Waals surface area contributed by atoms with Crippen molar-refractivity contribution in [1.29, 1.82) is 0 Å². The molecule has 1 aromatic rings. The van der Waals surface area contributed by atoms with E-state index in [1.54, 1.807) is 26.0 Å². The van der Waals surface area contributed by atoms with Gasteiger partial charge in [0.2, 0.25) is 0 Å². The van der Waals surface area contributed by atoms with Crippen LogP contribution in [0.5, 0.6) is 0 Å². The maximum absolute atomic E-state index is 12.0. The van der Waals surface area contributed by atoms with Crippen LogP contribution in [0, 0.1) is 0 Å². The second-order valence-electron chi connectivity index (χ2n) is 4.81. The van der Waals surface area contributed by atoms with E-state index in [0.29, 0.717) is 0 Å². The zero-order valence-corrected chi connectivity index (χ0v) is 11.2. The van der Waals surface area contributed by atoms with Gasteiger partial charge in [-0.3, -0.25) is 0 Å². The van der Waals surface area contributed by atoms with Crippen molar-refractivity contribution in [2.24, 2.45) is 0 Å². The molecule has 3 N–H and O–H groups in total. The molecule has 6 heteroatoms. The zero-order chi connectivity index (χ0) is 14.6. The van der Waals surface area contributed by atoms with E-state index in [1.807, 2.05) is 0 Å². The van der Waals surface area contributed by atoms with E-state index < -0.39 is 17.5 Å². The van der Waals surface area contributed by atoms with Crippen LogP contribution in [0.2, 0.25) is 0 Å². The van der Waals surface area contributed by atoms with Crippen LogP contribution in [0.1, 0.15) is 24.2 Å². The minimum absolute atomic E-state index is 0.0195. The van der Waals surface area contributed by atoms with Crippen molar-refractivity contribution in [2.45, 2.75) is 19.4 Å². The molecular weight excluding hydrogens is 248 g/mol. The van der Waals surface area contributed by atoms with Crippen molar-refractivity contribution in [3.63, 3.8) is 0 Å². The number of carbonyl (C=O) groups is 2. The fourth-order valence-electron chi connectivity index (χ4n) is 1.36. The first-order valence-electron chi connectivity index (χ1n) is 5.77. The number of amides is 2. The highest BCUT2D eigenvalue weighted by atomic mass is 16.4. The molecule has 0 spiro atoms. The summed E-state index contributed by atoms with van der Waals surface area (Å²) in [4.78, 5) is 24.3. The molecule has 1 rings (SSSR count). The van der Waals surface area contributed by atoms with Gasteiger partial charge in [0.25, 0.3) is 0 Å². The number of nitrogens with one attached hydrogen (secondary N) is 1. The first-order chi connectivity index (χ1) is 8.79. The summed E-state index contributed by atoms with van der Waals surface area (Å²) in [6.45, 7) is 3.21. The number of rotatable bonds is 4. The highest BCUT2D eigenvalue weighted by Gasteiger charge is 2.27. The Bertz CT molecular complexity index is 485. The van der Waals surface area contributed by atoms with Crippen molar-refractivity contribution in [2.75, 3.05) is 19.0 Å². The lowest BCUT2D eigenvalue weighted by Gasteiger charge is -2.33. The number of aromatic carboxylic acids is 1. The molecule has 0 radical (unpaired) electrons. The number of carbonyl (C=O) groups excluding carboxylic acids is 1. The standard InChI is InChI=1S/C13H18N2O4/c1-13(2,8-16)15(3)12(19)14-10-7-5-4-6-9(10)11(17)18/h4-7,16H,8H2,1-3H3,(H,14,19)(H,17,18). The van der Waals surface area contributed by atoms with Gasteiger partial charge < -0.3 is 20.4 Å². The van der Waals surface area contributed by atoms with E-state index in [0.717, 1.165) is 0 Å². The third-order valence-electron chi connectivity index (χ3n) is 3.00. The third kappa shape index (κ3) is 3.45. The van der Waals surface area contributed by atoms with Crippen molar-refractivity contribution in [1.82, 2.24) is 4.90 Å². The quantitative estimate of drug-likeness (QED) is 0.772. The SMILES string of the molecule is CN(C(=O)Nc1ccccc1C(=O)O)C(C)(C)CO. The molecule has 0 saturated heterocycles. The maximum Gasteiger partial charge on any atom is 0.337 e. The first kappa shape index (κ1) is 15.0. The number of likely N-dealkylation sites (N-methyl/N-ethyl adjacent to an activating group) is 1. The van der Waals surface area contributed by atoms with Crippen LogP contribution in [0.3, 0.4) is 0 Å². The van der Waals surface area contributed by atoms with Gasteiger partial charge in [-0.15, -0.1) is 0 Å². The zero-order valence-electron chi connectivity index (χ0n) is 11.2. The van der Waals surface area contributed by atoms with Crippen LogP contribution in [0.4, 0.5) is 10.5 Å². The van der Waals surface area contributed by atoms with Gasteiger partial charge >= 0.3 is 12.0 Å². The molecule has 0 saturated carbocycles. The number of carboxylic acids is 1. The fourth-order valence-corrected chi connectivity index (χ4v) is 1.36. The average molecular weight is 266 g/mol. The smallest absolute Gasteiger partial charge is 0.337 e. The molecule has 104 valence electrons.